The summed E-state index contributed by atoms with van der Waals surface area (Å²) in [6.45, 7) is 0. The standard InChI is InChI=1S/C15H16F4N2O5/c1-24-9-4-7(5-10(25-2)11(9)26-3)13(22)21-15(23,14(18)19)6-8(20-21)12(16)17/h4-5,12,14,23H,6H2,1-3H3/t15-/m1/s1. The lowest BCUT2D eigenvalue weighted by Gasteiger charge is -2.30. The number of carbonyl (C=O) groups excluding carboxylic acids is 1. The van der Waals surface area contributed by atoms with Crippen LogP contribution in [-0.2, 0) is 0 Å². The number of aliphatic hydroxyl groups is 1. The van der Waals surface area contributed by atoms with Crippen LogP contribution in [0.15, 0.2) is 17.2 Å². The van der Waals surface area contributed by atoms with Gasteiger partial charge in [0.15, 0.2) is 11.5 Å². The molecular formula is C15H16F4N2O5. The smallest absolute Gasteiger partial charge is 0.287 e. The zero-order valence-corrected chi connectivity index (χ0v) is 14.0. The Morgan fingerprint density at radius 1 is 1.15 bits per heavy atom. The van der Waals surface area contributed by atoms with Crippen molar-refractivity contribution in [3.8, 4) is 17.2 Å². The molecule has 7 nitrogen and oxygen atoms in total. The third-order valence-electron chi connectivity index (χ3n) is 3.74. The molecule has 0 bridgehead atoms. The van der Waals surface area contributed by atoms with Gasteiger partial charge >= 0.3 is 0 Å². The highest BCUT2D eigenvalue weighted by Crippen LogP contribution is 2.40. The van der Waals surface area contributed by atoms with E-state index >= 15 is 0 Å². The van der Waals surface area contributed by atoms with Crippen LogP contribution < -0.4 is 14.2 Å². The molecule has 0 spiro atoms. The molecule has 1 amide bonds. The van der Waals surface area contributed by atoms with Crippen LogP contribution in [0.5, 0.6) is 17.2 Å². The first-order valence-corrected chi connectivity index (χ1v) is 7.20. The Bertz CT molecular complexity index is 703. The van der Waals surface area contributed by atoms with Crippen LogP contribution in [0.1, 0.15) is 16.8 Å². The first-order valence-electron chi connectivity index (χ1n) is 7.20. The quantitative estimate of drug-likeness (QED) is 0.765. The van der Waals surface area contributed by atoms with Crippen LogP contribution in [0.25, 0.3) is 0 Å². The molecule has 144 valence electrons. The lowest BCUT2D eigenvalue weighted by atomic mass is 10.1. The zero-order valence-electron chi connectivity index (χ0n) is 14.0. The second kappa shape index (κ2) is 7.36. The van der Waals surface area contributed by atoms with Crippen LogP contribution in [0.2, 0.25) is 0 Å². The molecule has 0 unspecified atom stereocenters. The molecule has 0 saturated heterocycles. The number of nitrogens with zero attached hydrogens (tertiary/aromatic N) is 2. The van der Waals surface area contributed by atoms with E-state index in [2.05, 4.69) is 5.10 Å². The summed E-state index contributed by atoms with van der Waals surface area (Å²) in [7, 11) is 3.85. The molecule has 26 heavy (non-hydrogen) atoms. The van der Waals surface area contributed by atoms with Gasteiger partial charge in [-0.2, -0.15) is 10.1 Å². The summed E-state index contributed by atoms with van der Waals surface area (Å²) in [4.78, 5) is 12.6. The molecule has 0 saturated carbocycles. The van der Waals surface area contributed by atoms with Crippen LogP contribution in [0, 0.1) is 0 Å². The lowest BCUT2D eigenvalue weighted by molar-refractivity contribution is -0.164. The molecule has 0 aromatic heterocycles. The maximum atomic E-state index is 13.3. The van der Waals surface area contributed by atoms with Crippen LogP contribution in [0.3, 0.4) is 0 Å². The second-order valence-electron chi connectivity index (χ2n) is 5.28. The van der Waals surface area contributed by atoms with Gasteiger partial charge in [0, 0.05) is 12.0 Å². The van der Waals surface area contributed by atoms with Gasteiger partial charge in [-0.05, 0) is 12.1 Å². The van der Waals surface area contributed by atoms with E-state index in [0.717, 1.165) is 12.1 Å². The van der Waals surface area contributed by atoms with Crippen molar-refractivity contribution in [2.24, 2.45) is 5.10 Å². The Labute approximate surface area is 145 Å². The molecule has 1 aliphatic rings. The number of hydrogen-bond donors (Lipinski definition) is 1. The number of halogens is 4. The molecule has 1 aromatic carbocycles. The van der Waals surface area contributed by atoms with Gasteiger partial charge in [-0.1, -0.05) is 0 Å². The first-order chi connectivity index (χ1) is 12.2. The number of hydrogen-bond acceptors (Lipinski definition) is 6. The van der Waals surface area contributed by atoms with Crippen molar-refractivity contribution in [2.45, 2.75) is 25.0 Å². The summed E-state index contributed by atoms with van der Waals surface area (Å²) < 4.78 is 67.4. The fourth-order valence-corrected chi connectivity index (χ4v) is 2.43. The highest BCUT2D eigenvalue weighted by atomic mass is 19.3. The number of ether oxygens (including phenoxy) is 3. The molecule has 2 rings (SSSR count). The van der Waals surface area contributed by atoms with Gasteiger partial charge in [0.1, 0.15) is 5.71 Å². The summed E-state index contributed by atoms with van der Waals surface area (Å²) in [5.41, 5.74) is -4.48. The van der Waals surface area contributed by atoms with E-state index in [0.29, 0.717) is 0 Å². The van der Waals surface area contributed by atoms with E-state index in [4.69, 9.17) is 14.2 Å². The van der Waals surface area contributed by atoms with Gasteiger partial charge in [0.05, 0.1) is 21.3 Å². The molecule has 1 N–H and O–H groups in total. The predicted molar refractivity (Wildman–Crippen MR) is 81.3 cm³/mol. The number of carbonyl (C=O) groups is 1. The van der Waals surface area contributed by atoms with Crippen molar-refractivity contribution in [2.75, 3.05) is 21.3 Å². The Kier molecular flexibility index (Phi) is 5.59. The number of benzene rings is 1. The SMILES string of the molecule is COc1cc(C(=O)N2N=C(C(F)F)C[C@@]2(O)C(F)F)cc(OC)c1OC. The lowest BCUT2D eigenvalue weighted by Crippen LogP contribution is -2.51. The van der Waals surface area contributed by atoms with Crippen molar-refractivity contribution < 1.29 is 41.7 Å². The minimum atomic E-state index is -3.52. The largest absolute Gasteiger partial charge is 0.493 e. The summed E-state index contributed by atoms with van der Waals surface area (Å²) >= 11 is 0. The zero-order chi connectivity index (χ0) is 19.6. The Hall–Kier alpha value is -2.56. The van der Waals surface area contributed by atoms with Crippen LogP contribution >= 0.6 is 0 Å². The van der Waals surface area contributed by atoms with Crippen LogP contribution in [0.4, 0.5) is 17.6 Å². The minimum absolute atomic E-state index is 0.0352. The average Bonchev–Trinajstić information content (AvgIpc) is 2.99. The van der Waals surface area contributed by atoms with Gasteiger partial charge in [-0.3, -0.25) is 4.79 Å². The number of methoxy groups -OCH3 is 3. The third kappa shape index (κ3) is 3.26. The maximum absolute atomic E-state index is 13.3. The first kappa shape index (κ1) is 19.8. The molecule has 0 aliphatic carbocycles. The Balaban J connectivity index is 2.52. The normalized spacial score (nSPS) is 19.8. The van der Waals surface area contributed by atoms with Gasteiger partial charge in [-0.25, -0.2) is 17.6 Å². The van der Waals surface area contributed by atoms with Crippen molar-refractivity contribution in [3.63, 3.8) is 0 Å². The number of rotatable bonds is 6. The summed E-state index contributed by atoms with van der Waals surface area (Å²) in [6, 6.07) is 2.26. The minimum Gasteiger partial charge on any atom is -0.493 e. The fraction of sp³-hybridized carbons (Fsp3) is 0.467. The average molecular weight is 380 g/mol. The highest BCUT2D eigenvalue weighted by molar-refractivity contribution is 5.99. The van der Waals surface area contributed by atoms with Crippen molar-refractivity contribution in [1.29, 1.82) is 0 Å². The van der Waals surface area contributed by atoms with Crippen LogP contribution in [-0.4, -0.2) is 61.6 Å². The monoisotopic (exact) mass is 380 g/mol. The molecule has 0 radical (unpaired) electrons. The van der Waals surface area contributed by atoms with E-state index in [1.54, 1.807) is 0 Å². The fourth-order valence-electron chi connectivity index (χ4n) is 2.43. The summed E-state index contributed by atoms with van der Waals surface area (Å²) in [5, 5.41) is 13.2. The van der Waals surface area contributed by atoms with Crippen molar-refractivity contribution >= 4 is 11.6 Å². The van der Waals surface area contributed by atoms with Gasteiger partial charge in [-0.15, -0.1) is 0 Å². The summed E-state index contributed by atoms with van der Waals surface area (Å²) in [5.74, 6) is -1.03. The van der Waals surface area contributed by atoms with Crippen molar-refractivity contribution in [1.82, 2.24) is 5.01 Å². The van der Waals surface area contributed by atoms with E-state index in [1.165, 1.54) is 21.3 Å². The Morgan fingerprint density at radius 3 is 2.08 bits per heavy atom. The third-order valence-corrected chi connectivity index (χ3v) is 3.74. The number of alkyl halides is 4. The molecule has 0 fully saturated rings. The molecular weight excluding hydrogens is 364 g/mol. The molecule has 1 aliphatic heterocycles. The highest BCUT2D eigenvalue weighted by Gasteiger charge is 2.53. The maximum Gasteiger partial charge on any atom is 0.287 e. The predicted octanol–water partition coefficient (Wildman–Crippen LogP) is 2.13. The van der Waals surface area contributed by atoms with Crippen molar-refractivity contribution in [3.05, 3.63) is 17.7 Å². The van der Waals surface area contributed by atoms with E-state index in [1.807, 2.05) is 0 Å². The summed E-state index contributed by atoms with van der Waals surface area (Å²) in [6.07, 6.45) is -7.88. The second-order valence-corrected chi connectivity index (χ2v) is 5.28. The van der Waals surface area contributed by atoms with E-state index in [9.17, 15) is 27.5 Å². The topological polar surface area (TPSA) is 80.6 Å². The number of hydrazone groups is 1. The molecule has 11 heteroatoms. The molecule has 1 heterocycles. The van der Waals surface area contributed by atoms with Gasteiger partial charge in [0.2, 0.25) is 11.5 Å². The molecule has 1 aromatic rings. The van der Waals surface area contributed by atoms with E-state index < -0.39 is 36.6 Å². The van der Waals surface area contributed by atoms with Gasteiger partial charge < -0.3 is 19.3 Å². The van der Waals surface area contributed by atoms with Gasteiger partial charge in [0.25, 0.3) is 18.8 Å². The number of amides is 1. The Morgan fingerprint density at radius 2 is 1.69 bits per heavy atom. The van der Waals surface area contributed by atoms with E-state index in [-0.39, 0.29) is 27.8 Å². The molecule has 1 atom stereocenters.